The smallest absolute Gasteiger partial charge is 0.151 e. The molecule has 1 saturated carbocycles. The number of imidazole rings is 1. The van der Waals surface area contributed by atoms with Gasteiger partial charge in [0.05, 0.1) is 10.9 Å². The third kappa shape index (κ3) is 2.36. The van der Waals surface area contributed by atoms with Gasteiger partial charge in [0.15, 0.2) is 5.82 Å². The van der Waals surface area contributed by atoms with Crippen LogP contribution in [-0.2, 0) is 0 Å². The highest BCUT2D eigenvalue weighted by Gasteiger charge is 2.35. The molecular weight excluding hydrogens is 287 g/mol. The Balaban J connectivity index is 2.17. The fourth-order valence-electron chi connectivity index (χ4n) is 3.89. The molecule has 0 bridgehead atoms. The van der Waals surface area contributed by atoms with Crippen LogP contribution in [0.15, 0.2) is 18.2 Å². The standard InChI is InChI=1S/C17H22ClFN2/c1-4-12-8-9-14(10(12)2)21-15-7-5-6-13(19)16(15)20-17(21)11(3)18/h5-7,10-12,14H,4,8-9H2,1-3H3. The maximum absolute atomic E-state index is 14.1. The first kappa shape index (κ1) is 14.8. The van der Waals surface area contributed by atoms with Crippen molar-refractivity contribution < 1.29 is 4.39 Å². The Hall–Kier alpha value is -1.09. The van der Waals surface area contributed by atoms with Crippen LogP contribution in [-0.4, -0.2) is 9.55 Å². The number of para-hydroxylation sites is 1. The number of alkyl halides is 1. The summed E-state index contributed by atoms with van der Waals surface area (Å²) in [5, 5.41) is -0.218. The van der Waals surface area contributed by atoms with E-state index in [0.29, 0.717) is 17.5 Å². The van der Waals surface area contributed by atoms with Crippen LogP contribution in [0.1, 0.15) is 57.3 Å². The zero-order chi connectivity index (χ0) is 15.1. The zero-order valence-corrected chi connectivity index (χ0v) is 13.6. The maximum Gasteiger partial charge on any atom is 0.151 e. The van der Waals surface area contributed by atoms with Crippen molar-refractivity contribution in [1.29, 1.82) is 0 Å². The predicted molar refractivity (Wildman–Crippen MR) is 85.2 cm³/mol. The van der Waals surface area contributed by atoms with Crippen LogP contribution in [0, 0.1) is 17.7 Å². The Kier molecular flexibility index (Phi) is 3.96. The Labute approximate surface area is 130 Å². The van der Waals surface area contributed by atoms with E-state index < -0.39 is 0 Å². The van der Waals surface area contributed by atoms with Crippen molar-refractivity contribution in [2.45, 2.75) is 51.5 Å². The van der Waals surface area contributed by atoms with Gasteiger partial charge in [0.2, 0.25) is 0 Å². The molecule has 0 saturated heterocycles. The van der Waals surface area contributed by atoms with E-state index in [-0.39, 0.29) is 11.2 Å². The first-order valence-corrected chi connectivity index (χ1v) is 8.28. The zero-order valence-electron chi connectivity index (χ0n) is 12.8. The molecule has 4 unspecified atom stereocenters. The quantitative estimate of drug-likeness (QED) is 0.687. The van der Waals surface area contributed by atoms with E-state index in [0.717, 1.165) is 23.7 Å². The van der Waals surface area contributed by atoms with Gasteiger partial charge in [0, 0.05) is 6.04 Å². The summed E-state index contributed by atoms with van der Waals surface area (Å²) < 4.78 is 16.3. The van der Waals surface area contributed by atoms with Crippen molar-refractivity contribution in [3.8, 4) is 0 Å². The Morgan fingerprint density at radius 2 is 2.19 bits per heavy atom. The molecule has 114 valence electrons. The summed E-state index contributed by atoms with van der Waals surface area (Å²) in [6, 6.07) is 5.56. The van der Waals surface area contributed by atoms with Crippen LogP contribution in [0.5, 0.6) is 0 Å². The SMILES string of the molecule is CCC1CCC(n2c(C(C)Cl)nc3c(F)cccc32)C1C. The molecule has 0 aliphatic heterocycles. The lowest BCUT2D eigenvalue weighted by molar-refractivity contribution is 0.329. The summed E-state index contributed by atoms with van der Waals surface area (Å²) in [5.74, 6) is 1.84. The third-order valence-electron chi connectivity index (χ3n) is 5.09. The highest BCUT2D eigenvalue weighted by atomic mass is 35.5. The van der Waals surface area contributed by atoms with Gasteiger partial charge in [-0.15, -0.1) is 11.6 Å². The van der Waals surface area contributed by atoms with Gasteiger partial charge in [0.1, 0.15) is 11.3 Å². The second-order valence-electron chi connectivity index (χ2n) is 6.24. The average molecular weight is 309 g/mol. The molecule has 1 heterocycles. The van der Waals surface area contributed by atoms with Crippen molar-refractivity contribution >= 4 is 22.6 Å². The molecule has 0 radical (unpaired) electrons. The lowest BCUT2D eigenvalue weighted by Crippen LogP contribution is -2.18. The third-order valence-corrected chi connectivity index (χ3v) is 5.29. The molecule has 0 spiro atoms. The van der Waals surface area contributed by atoms with Crippen molar-refractivity contribution in [3.05, 3.63) is 29.8 Å². The van der Waals surface area contributed by atoms with Gasteiger partial charge >= 0.3 is 0 Å². The number of aromatic nitrogens is 2. The number of hydrogen-bond donors (Lipinski definition) is 0. The largest absolute Gasteiger partial charge is 0.323 e. The Bertz CT molecular complexity index is 650. The second kappa shape index (κ2) is 5.60. The molecule has 0 N–H and O–H groups in total. The van der Waals surface area contributed by atoms with Crippen molar-refractivity contribution in [2.75, 3.05) is 0 Å². The summed E-state index contributed by atoms with van der Waals surface area (Å²) >= 11 is 6.32. The molecule has 1 fully saturated rings. The Morgan fingerprint density at radius 1 is 1.43 bits per heavy atom. The average Bonchev–Trinajstić information content (AvgIpc) is 3.00. The van der Waals surface area contributed by atoms with E-state index >= 15 is 0 Å². The first-order chi connectivity index (χ1) is 10.0. The predicted octanol–water partition coefficient (Wildman–Crippen LogP) is 5.47. The summed E-state index contributed by atoms with van der Waals surface area (Å²) in [5.41, 5.74) is 1.33. The first-order valence-electron chi connectivity index (χ1n) is 7.85. The number of halogens is 2. The molecule has 2 aromatic rings. The maximum atomic E-state index is 14.1. The van der Waals surface area contributed by atoms with Crippen LogP contribution < -0.4 is 0 Å². The Morgan fingerprint density at radius 3 is 2.81 bits per heavy atom. The van der Waals surface area contributed by atoms with Crippen LogP contribution >= 0.6 is 11.6 Å². The minimum Gasteiger partial charge on any atom is -0.323 e. The highest BCUT2D eigenvalue weighted by Crippen LogP contribution is 2.44. The molecule has 3 rings (SSSR count). The van der Waals surface area contributed by atoms with E-state index in [2.05, 4.69) is 23.4 Å². The molecule has 21 heavy (non-hydrogen) atoms. The van der Waals surface area contributed by atoms with Crippen molar-refractivity contribution in [3.63, 3.8) is 0 Å². The van der Waals surface area contributed by atoms with Gasteiger partial charge in [-0.1, -0.05) is 26.3 Å². The summed E-state index contributed by atoms with van der Waals surface area (Å²) in [4.78, 5) is 4.50. The highest BCUT2D eigenvalue weighted by molar-refractivity contribution is 6.20. The number of benzene rings is 1. The lowest BCUT2D eigenvalue weighted by Gasteiger charge is -2.24. The minimum absolute atomic E-state index is 0.218. The molecule has 2 nitrogen and oxygen atoms in total. The molecule has 4 heteroatoms. The van der Waals surface area contributed by atoms with Crippen LogP contribution in [0.3, 0.4) is 0 Å². The van der Waals surface area contributed by atoms with Gasteiger partial charge in [-0.3, -0.25) is 0 Å². The number of hydrogen-bond acceptors (Lipinski definition) is 1. The van der Waals surface area contributed by atoms with Gasteiger partial charge in [-0.2, -0.15) is 0 Å². The fraction of sp³-hybridized carbons (Fsp3) is 0.588. The second-order valence-corrected chi connectivity index (χ2v) is 6.89. The van der Waals surface area contributed by atoms with Crippen LogP contribution in [0.4, 0.5) is 4.39 Å². The van der Waals surface area contributed by atoms with E-state index in [9.17, 15) is 4.39 Å². The van der Waals surface area contributed by atoms with Crippen molar-refractivity contribution in [1.82, 2.24) is 9.55 Å². The van der Waals surface area contributed by atoms with Gasteiger partial charge < -0.3 is 4.57 Å². The summed E-state index contributed by atoms with van der Waals surface area (Å²) in [6.07, 6.45) is 3.55. The normalized spacial score (nSPS) is 27.4. The fourth-order valence-corrected chi connectivity index (χ4v) is 4.05. The molecule has 1 aliphatic rings. The van der Waals surface area contributed by atoms with E-state index in [4.69, 9.17) is 11.6 Å². The molecule has 0 amide bonds. The molecule has 4 atom stereocenters. The number of fused-ring (bicyclic) bond motifs is 1. The van der Waals surface area contributed by atoms with Crippen molar-refractivity contribution in [2.24, 2.45) is 11.8 Å². The molecule has 1 aromatic carbocycles. The van der Waals surface area contributed by atoms with Gasteiger partial charge in [-0.25, -0.2) is 9.37 Å². The number of nitrogens with zero attached hydrogens (tertiary/aromatic N) is 2. The topological polar surface area (TPSA) is 17.8 Å². The monoisotopic (exact) mass is 308 g/mol. The molecule has 1 aromatic heterocycles. The summed E-state index contributed by atoms with van der Waals surface area (Å²) in [6.45, 7) is 6.47. The van der Waals surface area contributed by atoms with E-state index in [1.165, 1.54) is 18.9 Å². The van der Waals surface area contributed by atoms with E-state index in [1.807, 2.05) is 13.0 Å². The lowest BCUT2D eigenvalue weighted by atomic mass is 9.93. The summed E-state index contributed by atoms with van der Waals surface area (Å²) in [7, 11) is 0. The minimum atomic E-state index is -0.262. The van der Waals surface area contributed by atoms with Gasteiger partial charge in [-0.05, 0) is 43.7 Å². The van der Waals surface area contributed by atoms with Crippen LogP contribution in [0.2, 0.25) is 0 Å². The van der Waals surface area contributed by atoms with E-state index in [1.54, 1.807) is 6.07 Å². The number of rotatable bonds is 3. The van der Waals surface area contributed by atoms with Gasteiger partial charge in [0.25, 0.3) is 0 Å². The van der Waals surface area contributed by atoms with Crippen LogP contribution in [0.25, 0.3) is 11.0 Å². The molecular formula is C17H22ClFN2. The molecule has 1 aliphatic carbocycles.